The van der Waals surface area contributed by atoms with Crippen LogP contribution in [0.3, 0.4) is 0 Å². The van der Waals surface area contributed by atoms with Crippen LogP contribution in [0.1, 0.15) is 50.3 Å². The number of anilines is 2. The number of hydrogen-bond acceptors (Lipinski definition) is 6. The molecule has 2 heterocycles. The lowest BCUT2D eigenvalue weighted by Crippen LogP contribution is -2.31. The minimum Gasteiger partial charge on any atom is -0.362 e. The highest BCUT2D eigenvalue weighted by Gasteiger charge is 2.22. The number of benzene rings is 2. The lowest BCUT2D eigenvalue weighted by Gasteiger charge is -2.29. The topological polar surface area (TPSA) is 70.9 Å². The number of fused-ring (bicyclic) bond motifs is 1. The monoisotopic (exact) mass is 531 g/mol. The highest BCUT2D eigenvalue weighted by atomic mass is 35.5. The van der Waals surface area contributed by atoms with Crippen LogP contribution in [0.4, 0.5) is 11.8 Å². The van der Waals surface area contributed by atoms with Gasteiger partial charge in [0.2, 0.25) is 5.95 Å². The Hall–Kier alpha value is -3.16. The zero-order chi connectivity index (χ0) is 26.5. The van der Waals surface area contributed by atoms with Crippen molar-refractivity contribution in [2.75, 3.05) is 30.9 Å². The molecule has 1 aliphatic rings. The van der Waals surface area contributed by atoms with Gasteiger partial charge in [0.05, 0.1) is 17.4 Å². The van der Waals surface area contributed by atoms with Crippen LogP contribution in [0.2, 0.25) is 5.02 Å². The Morgan fingerprint density at radius 2 is 1.76 bits per heavy atom. The Morgan fingerprint density at radius 1 is 1.00 bits per heavy atom. The summed E-state index contributed by atoms with van der Waals surface area (Å²) in [6.07, 6.45) is 8.77. The summed E-state index contributed by atoms with van der Waals surface area (Å²) in [6.45, 7) is 4.09. The van der Waals surface area contributed by atoms with Gasteiger partial charge in [-0.05, 0) is 81.0 Å². The van der Waals surface area contributed by atoms with Gasteiger partial charge in [0.15, 0.2) is 0 Å². The number of nitrogens with one attached hydrogen (secondary N) is 2. The maximum atomic E-state index is 6.08. The molecule has 0 atom stereocenters. The summed E-state index contributed by atoms with van der Waals surface area (Å²) in [5, 5.41) is 13.9. The highest BCUT2D eigenvalue weighted by molar-refractivity contribution is 6.30. The van der Waals surface area contributed by atoms with Crippen molar-refractivity contribution in [3.05, 3.63) is 71.0 Å². The van der Waals surface area contributed by atoms with Crippen LogP contribution in [0, 0.1) is 5.92 Å². The van der Waals surface area contributed by atoms with Crippen molar-refractivity contribution >= 4 is 34.3 Å². The maximum Gasteiger partial charge on any atom is 0.225 e. The third-order valence-electron chi connectivity index (χ3n) is 7.45. The van der Waals surface area contributed by atoms with Crippen LogP contribution in [0.15, 0.2) is 54.7 Å². The molecule has 38 heavy (non-hydrogen) atoms. The molecule has 2 N–H and O–H groups in total. The second-order valence-corrected chi connectivity index (χ2v) is 11.0. The van der Waals surface area contributed by atoms with Gasteiger partial charge in [-0.15, -0.1) is 0 Å². The molecule has 0 unspecified atom stereocenters. The Kier molecular flexibility index (Phi) is 8.45. The molecule has 1 aliphatic carbocycles. The van der Waals surface area contributed by atoms with E-state index in [4.69, 9.17) is 26.7 Å². The molecule has 2 aromatic heterocycles. The first-order valence-corrected chi connectivity index (χ1v) is 14.1. The van der Waals surface area contributed by atoms with Crippen molar-refractivity contribution in [1.29, 1.82) is 0 Å². The summed E-state index contributed by atoms with van der Waals surface area (Å²) in [5.41, 5.74) is 4.60. The van der Waals surface area contributed by atoms with Gasteiger partial charge >= 0.3 is 0 Å². The summed E-state index contributed by atoms with van der Waals surface area (Å²) in [5.74, 6) is 2.37. The quantitative estimate of drug-likeness (QED) is 0.252. The van der Waals surface area contributed by atoms with Crippen molar-refractivity contribution in [1.82, 2.24) is 25.1 Å². The molecule has 8 heteroatoms. The fourth-order valence-corrected chi connectivity index (χ4v) is 5.56. The zero-order valence-electron chi connectivity index (χ0n) is 22.6. The molecule has 0 bridgehead atoms. The molecule has 0 aliphatic heterocycles. The average molecular weight is 532 g/mol. The van der Waals surface area contributed by atoms with Crippen LogP contribution >= 0.6 is 11.6 Å². The third kappa shape index (κ3) is 6.11. The minimum atomic E-state index is 0.413. The molecule has 0 amide bonds. The van der Waals surface area contributed by atoms with Gasteiger partial charge < -0.3 is 15.5 Å². The van der Waals surface area contributed by atoms with Gasteiger partial charge in [0.25, 0.3) is 0 Å². The maximum absolute atomic E-state index is 6.08. The van der Waals surface area contributed by atoms with Gasteiger partial charge in [-0.3, -0.25) is 0 Å². The van der Waals surface area contributed by atoms with Crippen molar-refractivity contribution in [2.24, 2.45) is 5.92 Å². The Labute approximate surface area is 230 Å². The summed E-state index contributed by atoms with van der Waals surface area (Å²) in [4.78, 5) is 11.7. The fourth-order valence-electron chi connectivity index (χ4n) is 5.43. The predicted octanol–water partition coefficient (Wildman–Crippen LogP) is 6.25. The molecule has 4 aromatic rings. The molecular weight excluding hydrogens is 494 g/mol. The molecule has 2 aromatic carbocycles. The van der Waals surface area contributed by atoms with Crippen molar-refractivity contribution in [3.63, 3.8) is 0 Å². The first-order valence-electron chi connectivity index (χ1n) is 13.7. The zero-order valence-corrected chi connectivity index (χ0v) is 23.4. The van der Waals surface area contributed by atoms with Gasteiger partial charge in [0, 0.05) is 48.3 Å². The highest BCUT2D eigenvalue weighted by Crippen LogP contribution is 2.28. The first kappa shape index (κ1) is 26.4. The Bertz CT molecular complexity index is 1340. The summed E-state index contributed by atoms with van der Waals surface area (Å²) < 4.78 is 2.06. The Balaban J connectivity index is 1.14. The van der Waals surface area contributed by atoms with E-state index in [-0.39, 0.29) is 0 Å². The first-order chi connectivity index (χ1) is 18.5. The van der Waals surface area contributed by atoms with Crippen LogP contribution in [0.5, 0.6) is 0 Å². The van der Waals surface area contributed by atoms with E-state index in [9.17, 15) is 0 Å². The number of halogens is 1. The molecule has 0 saturated heterocycles. The Morgan fingerprint density at radius 3 is 2.50 bits per heavy atom. The molecule has 1 fully saturated rings. The fraction of sp³-hybridized carbons (Fsp3) is 0.433. The predicted molar refractivity (Wildman–Crippen MR) is 158 cm³/mol. The van der Waals surface area contributed by atoms with E-state index < -0.39 is 0 Å². The van der Waals surface area contributed by atoms with Gasteiger partial charge in [-0.25, -0.2) is 9.67 Å². The molecule has 0 radical (unpaired) electrons. The van der Waals surface area contributed by atoms with E-state index in [1.165, 1.54) is 24.1 Å². The molecule has 200 valence electrons. The minimum absolute atomic E-state index is 0.413. The van der Waals surface area contributed by atoms with E-state index in [1.807, 2.05) is 56.7 Å². The normalized spacial score (nSPS) is 17.6. The standard InChI is InChI=1S/C30H38ClN7/c1-4-7-28-22(20-33-38(28)25-16-12-23(31)13-17-25)19-32-18-21-10-14-24(15-11-21)34-30-35-27-9-6-5-8-26(27)29(36-30)37(2)3/h5-6,8-9,12-13,16-17,20-21,24,32H,4,7,10-11,14-15,18-19H2,1-3H3,(H,34,35,36)/t21-,24+. The van der Waals surface area contributed by atoms with Crippen LogP contribution in [-0.4, -0.2) is 46.4 Å². The van der Waals surface area contributed by atoms with Crippen molar-refractivity contribution in [3.8, 4) is 5.69 Å². The number of aromatic nitrogens is 4. The van der Waals surface area contributed by atoms with E-state index in [0.29, 0.717) is 12.0 Å². The number of nitrogens with zero attached hydrogens (tertiary/aromatic N) is 5. The van der Waals surface area contributed by atoms with Crippen LogP contribution < -0.4 is 15.5 Å². The molecule has 1 saturated carbocycles. The van der Waals surface area contributed by atoms with E-state index in [1.54, 1.807) is 0 Å². The molecule has 7 nitrogen and oxygen atoms in total. The van der Waals surface area contributed by atoms with Crippen LogP contribution in [-0.2, 0) is 13.0 Å². The summed E-state index contributed by atoms with van der Waals surface area (Å²) >= 11 is 6.08. The van der Waals surface area contributed by atoms with Crippen LogP contribution in [0.25, 0.3) is 16.6 Å². The lowest BCUT2D eigenvalue weighted by atomic mass is 9.86. The molecule has 5 rings (SSSR count). The van der Waals surface area contributed by atoms with E-state index in [0.717, 1.165) is 72.2 Å². The van der Waals surface area contributed by atoms with E-state index >= 15 is 0 Å². The second-order valence-electron chi connectivity index (χ2n) is 10.5. The SMILES string of the molecule is CCCc1c(CNC[C@H]2CC[C@@H](Nc3nc(N(C)C)c4ccccc4n3)CC2)cnn1-c1ccc(Cl)cc1. The lowest BCUT2D eigenvalue weighted by molar-refractivity contribution is 0.323. The van der Waals surface area contributed by atoms with Gasteiger partial charge in [-0.2, -0.15) is 10.1 Å². The smallest absolute Gasteiger partial charge is 0.225 e. The molecule has 0 spiro atoms. The van der Waals surface area contributed by atoms with Crippen molar-refractivity contribution < 1.29 is 0 Å². The molecular formula is C30H38ClN7. The van der Waals surface area contributed by atoms with Crippen molar-refractivity contribution in [2.45, 2.75) is 58.0 Å². The van der Waals surface area contributed by atoms with Gasteiger partial charge in [0.1, 0.15) is 5.82 Å². The second kappa shape index (κ2) is 12.1. The van der Waals surface area contributed by atoms with Gasteiger partial charge in [-0.1, -0.05) is 37.1 Å². The average Bonchev–Trinajstić information content (AvgIpc) is 3.32. The number of rotatable bonds is 10. The largest absolute Gasteiger partial charge is 0.362 e. The van der Waals surface area contributed by atoms with E-state index in [2.05, 4.69) is 39.3 Å². The number of para-hydroxylation sites is 1. The summed E-state index contributed by atoms with van der Waals surface area (Å²) in [7, 11) is 4.06. The summed E-state index contributed by atoms with van der Waals surface area (Å²) in [6, 6.07) is 16.5. The third-order valence-corrected chi connectivity index (χ3v) is 7.70. The number of hydrogen-bond donors (Lipinski definition) is 2.